The minimum absolute atomic E-state index is 0.273. The second kappa shape index (κ2) is 10.7. The standard InChI is InChI=1S/C31H27N3O4/c1-3-20(2)23-12-13-29-27(18-23)33-31(38-29)24-10-7-11-26(17-24)32-19-25-15-22(14-21-8-5-4-6-9-21)16-28(30(25)35)34(36)37/h4-13,15-20,35H,3,14H2,1-2H3. The number of oxazole rings is 1. The van der Waals surface area contributed by atoms with Crippen molar-refractivity contribution in [3.05, 3.63) is 117 Å². The number of nitro groups is 1. The molecule has 1 aromatic heterocycles. The fourth-order valence-electron chi connectivity index (χ4n) is 4.35. The molecule has 0 aliphatic heterocycles. The molecule has 1 N–H and O–H groups in total. The second-order valence-corrected chi connectivity index (χ2v) is 9.34. The first kappa shape index (κ1) is 24.9. The van der Waals surface area contributed by atoms with Crippen molar-refractivity contribution in [2.75, 3.05) is 0 Å². The molecule has 1 unspecified atom stereocenters. The number of hydrogen-bond donors (Lipinski definition) is 1. The Morgan fingerprint density at radius 3 is 2.61 bits per heavy atom. The molecule has 190 valence electrons. The molecule has 7 nitrogen and oxygen atoms in total. The zero-order chi connectivity index (χ0) is 26.6. The molecule has 0 aliphatic rings. The third-order valence-electron chi connectivity index (χ3n) is 6.67. The highest BCUT2D eigenvalue weighted by Gasteiger charge is 2.19. The van der Waals surface area contributed by atoms with Gasteiger partial charge in [0.2, 0.25) is 11.6 Å². The van der Waals surface area contributed by atoms with Crippen LogP contribution in [0.3, 0.4) is 0 Å². The van der Waals surface area contributed by atoms with E-state index in [-0.39, 0.29) is 11.3 Å². The summed E-state index contributed by atoms with van der Waals surface area (Å²) in [6.07, 6.45) is 2.99. The van der Waals surface area contributed by atoms with E-state index in [1.807, 2.05) is 60.7 Å². The average Bonchev–Trinajstić information content (AvgIpc) is 3.37. The normalized spacial score (nSPS) is 12.3. The summed E-state index contributed by atoms with van der Waals surface area (Å²) < 4.78 is 6.00. The van der Waals surface area contributed by atoms with Gasteiger partial charge in [-0.3, -0.25) is 15.1 Å². The van der Waals surface area contributed by atoms with E-state index in [2.05, 4.69) is 36.0 Å². The van der Waals surface area contributed by atoms with Crippen LogP contribution in [0.15, 0.2) is 94.3 Å². The first-order chi connectivity index (χ1) is 18.4. The van der Waals surface area contributed by atoms with Crippen molar-refractivity contribution in [1.29, 1.82) is 0 Å². The Morgan fingerprint density at radius 2 is 1.84 bits per heavy atom. The molecule has 5 aromatic rings. The van der Waals surface area contributed by atoms with Crippen molar-refractivity contribution >= 4 is 28.7 Å². The van der Waals surface area contributed by atoms with Gasteiger partial charge in [-0.2, -0.15) is 0 Å². The van der Waals surface area contributed by atoms with Gasteiger partial charge in [0.25, 0.3) is 0 Å². The van der Waals surface area contributed by atoms with Gasteiger partial charge >= 0.3 is 5.69 Å². The maximum Gasteiger partial charge on any atom is 0.311 e. The highest BCUT2D eigenvalue weighted by Crippen LogP contribution is 2.33. The van der Waals surface area contributed by atoms with Crippen LogP contribution in [-0.2, 0) is 6.42 Å². The van der Waals surface area contributed by atoms with E-state index in [0.29, 0.717) is 35.1 Å². The van der Waals surface area contributed by atoms with E-state index in [4.69, 9.17) is 4.42 Å². The molecule has 0 bridgehead atoms. The summed E-state index contributed by atoms with van der Waals surface area (Å²) in [5, 5.41) is 22.1. The topological polar surface area (TPSA) is 102 Å². The zero-order valence-electron chi connectivity index (χ0n) is 21.2. The number of hydrogen-bond acceptors (Lipinski definition) is 6. The number of aromatic nitrogens is 1. The number of phenols is 1. The molecule has 0 amide bonds. The predicted molar refractivity (Wildman–Crippen MR) is 149 cm³/mol. The van der Waals surface area contributed by atoms with Gasteiger partial charge in [0.05, 0.1) is 10.6 Å². The first-order valence-electron chi connectivity index (χ1n) is 12.5. The molecule has 7 heteroatoms. The summed E-state index contributed by atoms with van der Waals surface area (Å²) in [5.74, 6) is 0.514. The summed E-state index contributed by atoms with van der Waals surface area (Å²) in [6.45, 7) is 4.35. The van der Waals surface area contributed by atoms with E-state index in [9.17, 15) is 15.2 Å². The summed E-state index contributed by atoms with van der Waals surface area (Å²) >= 11 is 0. The smallest absolute Gasteiger partial charge is 0.311 e. The Hall–Kier alpha value is -4.78. The third-order valence-corrected chi connectivity index (χ3v) is 6.67. The molecule has 0 aliphatic carbocycles. The fourth-order valence-corrected chi connectivity index (χ4v) is 4.35. The van der Waals surface area contributed by atoms with Gasteiger partial charge in [0, 0.05) is 23.4 Å². The van der Waals surface area contributed by atoms with Crippen LogP contribution in [-0.4, -0.2) is 21.2 Å². The van der Waals surface area contributed by atoms with Crippen LogP contribution in [0.1, 0.15) is 48.4 Å². The molecule has 1 atom stereocenters. The Kier molecular flexibility index (Phi) is 7.00. The van der Waals surface area contributed by atoms with Crippen LogP contribution in [0.2, 0.25) is 0 Å². The van der Waals surface area contributed by atoms with E-state index >= 15 is 0 Å². The number of rotatable bonds is 8. The van der Waals surface area contributed by atoms with Crippen LogP contribution in [0, 0.1) is 10.1 Å². The highest BCUT2D eigenvalue weighted by molar-refractivity contribution is 5.88. The Labute approximate surface area is 220 Å². The lowest BCUT2D eigenvalue weighted by Crippen LogP contribution is -1.97. The summed E-state index contributed by atoms with van der Waals surface area (Å²) in [5.41, 5.74) is 5.74. The van der Waals surface area contributed by atoms with E-state index in [0.717, 1.165) is 23.1 Å². The van der Waals surface area contributed by atoms with E-state index < -0.39 is 10.7 Å². The Morgan fingerprint density at radius 1 is 1.03 bits per heavy atom. The highest BCUT2D eigenvalue weighted by atomic mass is 16.6. The van der Waals surface area contributed by atoms with Crippen LogP contribution in [0.5, 0.6) is 5.75 Å². The molecule has 0 spiro atoms. The molecule has 5 rings (SSSR count). The molecular formula is C31H27N3O4. The van der Waals surface area contributed by atoms with Gasteiger partial charge in [-0.1, -0.05) is 56.3 Å². The van der Waals surface area contributed by atoms with Gasteiger partial charge in [0.15, 0.2) is 5.58 Å². The van der Waals surface area contributed by atoms with Gasteiger partial charge in [-0.05, 0) is 71.8 Å². The fraction of sp³-hybridized carbons (Fsp3) is 0.161. The van der Waals surface area contributed by atoms with E-state index in [1.165, 1.54) is 17.8 Å². The zero-order valence-corrected chi connectivity index (χ0v) is 21.2. The van der Waals surface area contributed by atoms with Crippen LogP contribution in [0.4, 0.5) is 11.4 Å². The lowest BCUT2D eigenvalue weighted by molar-refractivity contribution is -0.385. The van der Waals surface area contributed by atoms with Crippen LogP contribution in [0.25, 0.3) is 22.6 Å². The molecule has 0 fully saturated rings. The summed E-state index contributed by atoms with van der Waals surface area (Å²) in [6, 6.07) is 26.2. The number of phenolic OH excluding ortho intramolecular Hbond substituents is 1. The van der Waals surface area contributed by atoms with Crippen LogP contribution < -0.4 is 0 Å². The van der Waals surface area contributed by atoms with Crippen molar-refractivity contribution in [1.82, 2.24) is 4.98 Å². The van der Waals surface area contributed by atoms with E-state index in [1.54, 1.807) is 6.07 Å². The minimum Gasteiger partial charge on any atom is -0.502 e. The Bertz CT molecular complexity index is 1640. The van der Waals surface area contributed by atoms with Crippen molar-refractivity contribution in [2.24, 2.45) is 4.99 Å². The SMILES string of the molecule is CCC(C)c1ccc2oc(-c3cccc(N=Cc4cc(Cc5ccccc5)cc([N+](=O)[O-])c4O)c3)nc2c1. The van der Waals surface area contributed by atoms with Crippen molar-refractivity contribution in [2.45, 2.75) is 32.6 Å². The number of nitro benzene ring substituents is 1. The maximum atomic E-state index is 11.6. The predicted octanol–water partition coefficient (Wildman–Crippen LogP) is 7.96. The number of benzene rings is 4. The molecular weight excluding hydrogens is 478 g/mol. The second-order valence-electron chi connectivity index (χ2n) is 9.34. The van der Waals surface area contributed by atoms with Crippen LogP contribution >= 0.6 is 0 Å². The van der Waals surface area contributed by atoms with Crippen molar-refractivity contribution < 1.29 is 14.4 Å². The van der Waals surface area contributed by atoms with Gasteiger partial charge in [-0.25, -0.2) is 4.98 Å². The number of aromatic hydroxyl groups is 1. The molecule has 4 aromatic carbocycles. The molecule has 0 radical (unpaired) electrons. The molecule has 0 saturated carbocycles. The monoisotopic (exact) mass is 505 g/mol. The number of nitrogens with zero attached hydrogens (tertiary/aromatic N) is 3. The average molecular weight is 506 g/mol. The number of aliphatic imine (C=N–C) groups is 1. The van der Waals surface area contributed by atoms with Gasteiger partial charge in [-0.15, -0.1) is 0 Å². The summed E-state index contributed by atoms with van der Waals surface area (Å²) in [7, 11) is 0. The maximum absolute atomic E-state index is 11.6. The Balaban J connectivity index is 1.45. The molecule has 38 heavy (non-hydrogen) atoms. The van der Waals surface area contributed by atoms with Crippen molar-refractivity contribution in [3.8, 4) is 17.2 Å². The summed E-state index contributed by atoms with van der Waals surface area (Å²) in [4.78, 5) is 20.2. The molecule has 0 saturated heterocycles. The quantitative estimate of drug-likeness (QED) is 0.131. The van der Waals surface area contributed by atoms with Gasteiger partial charge < -0.3 is 9.52 Å². The molecule has 1 heterocycles. The largest absolute Gasteiger partial charge is 0.502 e. The lowest BCUT2D eigenvalue weighted by Gasteiger charge is -2.07. The first-order valence-corrected chi connectivity index (χ1v) is 12.5. The van der Waals surface area contributed by atoms with Crippen molar-refractivity contribution in [3.63, 3.8) is 0 Å². The number of fused-ring (bicyclic) bond motifs is 1. The minimum atomic E-state index is -0.582. The third kappa shape index (κ3) is 5.32. The van der Waals surface area contributed by atoms with Gasteiger partial charge in [0.1, 0.15) is 5.52 Å². The lowest BCUT2D eigenvalue weighted by atomic mass is 9.98.